The summed E-state index contributed by atoms with van der Waals surface area (Å²) in [7, 11) is 0. The molecule has 150 valence electrons. The van der Waals surface area contributed by atoms with Crippen molar-refractivity contribution in [3.63, 3.8) is 0 Å². The van der Waals surface area contributed by atoms with E-state index < -0.39 is 6.29 Å². The third-order valence-electron chi connectivity index (χ3n) is 6.75. The first-order valence-corrected chi connectivity index (χ1v) is 10.6. The van der Waals surface area contributed by atoms with Gasteiger partial charge in [0.05, 0.1) is 13.2 Å². The molecule has 4 nitrogen and oxygen atoms in total. The molecule has 0 aliphatic heterocycles. The molecule has 0 spiro atoms. The minimum Gasteiger partial charge on any atom is -0.396 e. The number of aliphatic hydroxyl groups excluding tert-OH is 3. The quantitative estimate of drug-likeness (QED) is 0.472. The van der Waals surface area contributed by atoms with Crippen LogP contribution < -0.4 is 0 Å². The molecule has 4 N–H and O–H groups in total. The van der Waals surface area contributed by atoms with Crippen molar-refractivity contribution in [2.75, 3.05) is 13.2 Å². The van der Waals surface area contributed by atoms with E-state index in [-0.39, 0.29) is 24.5 Å². The Morgan fingerprint density at radius 1 is 0.880 bits per heavy atom. The van der Waals surface area contributed by atoms with Crippen molar-refractivity contribution in [1.82, 2.24) is 0 Å². The maximum Gasteiger partial charge on any atom is 0.154 e. The summed E-state index contributed by atoms with van der Waals surface area (Å²) in [6, 6.07) is 0. The largest absolute Gasteiger partial charge is 0.396 e. The maximum absolute atomic E-state index is 10.2. The summed E-state index contributed by atoms with van der Waals surface area (Å²) >= 11 is 0. The fourth-order valence-electron chi connectivity index (χ4n) is 4.68. The molecule has 25 heavy (non-hydrogen) atoms. The molecule has 4 heteroatoms. The number of hydrogen-bond acceptors (Lipinski definition) is 4. The van der Waals surface area contributed by atoms with Gasteiger partial charge < -0.3 is 20.4 Å². The van der Waals surface area contributed by atoms with Crippen LogP contribution in [0.2, 0.25) is 0 Å². The number of rotatable bonds is 9. The highest BCUT2D eigenvalue weighted by molar-refractivity contribution is 4.88. The highest BCUT2D eigenvalue weighted by Crippen LogP contribution is 2.42. The van der Waals surface area contributed by atoms with Gasteiger partial charge in [0.2, 0.25) is 0 Å². The van der Waals surface area contributed by atoms with Crippen LogP contribution >= 0.6 is 0 Å². The average Bonchev–Trinajstić information content (AvgIpc) is 2.63. The zero-order chi connectivity index (χ0) is 18.7. The van der Waals surface area contributed by atoms with Gasteiger partial charge in [-0.25, -0.2) is 0 Å². The van der Waals surface area contributed by atoms with Crippen molar-refractivity contribution >= 4 is 0 Å². The van der Waals surface area contributed by atoms with Crippen LogP contribution in [-0.4, -0.2) is 39.9 Å². The van der Waals surface area contributed by atoms with Crippen molar-refractivity contribution in [3.8, 4) is 0 Å². The molecule has 1 saturated carbocycles. The Hall–Kier alpha value is -0.160. The highest BCUT2D eigenvalue weighted by Gasteiger charge is 2.38. The summed E-state index contributed by atoms with van der Waals surface area (Å²) in [5.74, 6) is 0.651. The van der Waals surface area contributed by atoms with Crippen molar-refractivity contribution in [3.05, 3.63) is 0 Å². The van der Waals surface area contributed by atoms with E-state index in [0.29, 0.717) is 11.8 Å². The molecule has 1 aliphatic carbocycles. The van der Waals surface area contributed by atoms with Gasteiger partial charge in [-0.2, -0.15) is 0 Å². The van der Waals surface area contributed by atoms with Gasteiger partial charge in [0.25, 0.3) is 0 Å². The van der Waals surface area contributed by atoms with Crippen molar-refractivity contribution in [2.45, 2.75) is 97.2 Å². The zero-order valence-corrected chi connectivity index (χ0v) is 16.5. The third kappa shape index (κ3) is 7.16. The lowest BCUT2D eigenvalue weighted by Crippen LogP contribution is -2.39. The first kappa shape index (κ1) is 22.9. The lowest BCUT2D eigenvalue weighted by molar-refractivity contribution is -0.0929. The fraction of sp³-hybridized carbons (Fsp3) is 1.00. The molecule has 1 fully saturated rings. The van der Waals surface area contributed by atoms with Gasteiger partial charge in [0.1, 0.15) is 0 Å². The van der Waals surface area contributed by atoms with Crippen LogP contribution in [0.15, 0.2) is 0 Å². The molecule has 0 amide bonds. The molecule has 0 aromatic rings. The summed E-state index contributed by atoms with van der Waals surface area (Å²) in [5.41, 5.74) is -0.371. The normalized spacial score (nSPS) is 24.8. The average molecular weight is 359 g/mol. The summed E-state index contributed by atoms with van der Waals surface area (Å²) < 4.78 is 0. The lowest BCUT2D eigenvalue weighted by atomic mass is 9.66. The van der Waals surface area contributed by atoms with Crippen LogP contribution in [-0.2, 0) is 0 Å². The van der Waals surface area contributed by atoms with Crippen molar-refractivity contribution in [2.24, 2.45) is 23.2 Å². The monoisotopic (exact) mass is 358 g/mol. The Morgan fingerprint density at radius 2 is 1.48 bits per heavy atom. The third-order valence-corrected chi connectivity index (χ3v) is 6.75. The topological polar surface area (TPSA) is 80.9 Å². The second-order valence-corrected chi connectivity index (χ2v) is 8.36. The van der Waals surface area contributed by atoms with Crippen molar-refractivity contribution in [1.29, 1.82) is 0 Å². The van der Waals surface area contributed by atoms with Gasteiger partial charge in [-0.1, -0.05) is 58.8 Å². The van der Waals surface area contributed by atoms with Gasteiger partial charge in [-0.3, -0.25) is 0 Å². The first-order chi connectivity index (χ1) is 12.0. The van der Waals surface area contributed by atoms with E-state index in [4.69, 9.17) is 0 Å². The molecule has 0 bridgehead atoms. The molecular weight excluding hydrogens is 316 g/mol. The van der Waals surface area contributed by atoms with Gasteiger partial charge in [-0.15, -0.1) is 0 Å². The Morgan fingerprint density at radius 3 is 2.00 bits per heavy atom. The molecule has 0 aromatic heterocycles. The molecule has 0 saturated heterocycles. The Kier molecular flexibility index (Phi) is 11.2. The lowest BCUT2D eigenvalue weighted by Gasteiger charge is -2.41. The second-order valence-electron chi connectivity index (χ2n) is 8.36. The van der Waals surface area contributed by atoms with E-state index in [1.165, 1.54) is 32.1 Å². The maximum atomic E-state index is 10.2. The molecule has 0 aromatic carbocycles. The molecule has 0 radical (unpaired) electrons. The molecule has 1 aliphatic rings. The predicted octanol–water partition coefficient (Wildman–Crippen LogP) is 3.85. The van der Waals surface area contributed by atoms with E-state index in [9.17, 15) is 20.4 Å². The molecular formula is C21H42O4. The smallest absolute Gasteiger partial charge is 0.154 e. The molecule has 3 unspecified atom stereocenters. The summed E-state index contributed by atoms with van der Waals surface area (Å²) in [5, 5.41) is 39.5. The second kappa shape index (κ2) is 12.3. The van der Waals surface area contributed by atoms with Crippen LogP contribution in [0.3, 0.4) is 0 Å². The Labute approximate surface area is 154 Å². The van der Waals surface area contributed by atoms with Gasteiger partial charge in [-0.05, 0) is 43.9 Å². The van der Waals surface area contributed by atoms with Gasteiger partial charge in [0.15, 0.2) is 6.29 Å². The van der Waals surface area contributed by atoms with E-state index in [1.807, 2.05) is 6.92 Å². The number of hydrogen-bond donors (Lipinski definition) is 4. The Bertz CT molecular complexity index is 328. The van der Waals surface area contributed by atoms with E-state index in [1.54, 1.807) is 0 Å². The molecule has 1 rings (SSSR count). The van der Waals surface area contributed by atoms with Crippen molar-refractivity contribution < 1.29 is 20.4 Å². The summed E-state index contributed by atoms with van der Waals surface area (Å²) in [4.78, 5) is 0. The van der Waals surface area contributed by atoms with Crippen LogP contribution in [0.5, 0.6) is 0 Å². The zero-order valence-electron chi connectivity index (χ0n) is 16.5. The highest BCUT2D eigenvalue weighted by atomic mass is 16.5. The Balaban J connectivity index is 2.86. The SMILES string of the molecule is CCC(CC(CC)C(O)O)CC1CCCCCCCCC1(CO)CO. The predicted molar refractivity (Wildman–Crippen MR) is 102 cm³/mol. The van der Waals surface area contributed by atoms with Gasteiger partial charge in [0, 0.05) is 11.3 Å². The molecule has 3 atom stereocenters. The van der Waals surface area contributed by atoms with Crippen LogP contribution in [0.25, 0.3) is 0 Å². The summed E-state index contributed by atoms with van der Waals surface area (Å²) in [6.45, 7) is 4.29. The standard InChI is InChI=1S/C21H42O4/c1-3-17(13-18(4-2)20(24)25)14-19-11-9-7-5-6-8-10-12-21(19,15-22)16-23/h17-20,22-25H,3-16H2,1-2H3. The number of aliphatic hydroxyl groups is 4. The van der Waals surface area contributed by atoms with Crippen LogP contribution in [0, 0.1) is 23.2 Å². The van der Waals surface area contributed by atoms with E-state index in [2.05, 4.69) is 6.92 Å². The van der Waals surface area contributed by atoms with E-state index >= 15 is 0 Å². The fourth-order valence-corrected chi connectivity index (χ4v) is 4.68. The minimum atomic E-state index is -1.25. The first-order valence-electron chi connectivity index (χ1n) is 10.6. The molecule has 0 heterocycles. The minimum absolute atomic E-state index is 0.0600. The van der Waals surface area contributed by atoms with Crippen LogP contribution in [0.1, 0.15) is 90.9 Å². The summed E-state index contributed by atoms with van der Waals surface area (Å²) in [6.07, 6.45) is 11.5. The van der Waals surface area contributed by atoms with Crippen LogP contribution in [0.4, 0.5) is 0 Å². The van der Waals surface area contributed by atoms with Gasteiger partial charge >= 0.3 is 0 Å². The van der Waals surface area contributed by atoms with E-state index in [0.717, 1.165) is 44.9 Å².